The van der Waals surface area contributed by atoms with Crippen LogP contribution in [0.4, 0.5) is 0 Å². The van der Waals surface area contributed by atoms with Gasteiger partial charge >= 0.3 is 5.97 Å². The van der Waals surface area contributed by atoms with Gasteiger partial charge in [-0.2, -0.15) is 0 Å². The van der Waals surface area contributed by atoms with Gasteiger partial charge in [0.05, 0.1) is 5.92 Å². The van der Waals surface area contributed by atoms with Gasteiger partial charge in [-0.3, -0.25) is 9.59 Å². The molecule has 2 atom stereocenters. The zero-order valence-corrected chi connectivity index (χ0v) is 12.1. The minimum Gasteiger partial charge on any atom is -0.481 e. The Hall–Kier alpha value is -1.84. The Morgan fingerprint density at radius 2 is 1.86 bits per heavy atom. The van der Waals surface area contributed by atoms with Crippen LogP contribution in [0.2, 0.25) is 0 Å². The molecular formula is C17H21NO3. The summed E-state index contributed by atoms with van der Waals surface area (Å²) in [5.41, 5.74) is 1.02. The fourth-order valence-electron chi connectivity index (χ4n) is 3.37. The normalized spacial score (nSPS) is 25.6. The Bertz CT molecular complexity index is 524. The number of hydrogen-bond donors (Lipinski definition) is 1. The fourth-order valence-corrected chi connectivity index (χ4v) is 3.37. The smallest absolute Gasteiger partial charge is 0.308 e. The maximum Gasteiger partial charge on any atom is 0.308 e. The summed E-state index contributed by atoms with van der Waals surface area (Å²) in [6, 6.07) is 9.69. The highest BCUT2D eigenvalue weighted by molar-refractivity contribution is 5.80. The number of likely N-dealkylation sites (tertiary alicyclic amines) is 1. The van der Waals surface area contributed by atoms with Crippen molar-refractivity contribution in [1.29, 1.82) is 0 Å². The highest BCUT2D eigenvalue weighted by atomic mass is 16.4. The van der Waals surface area contributed by atoms with E-state index in [1.807, 2.05) is 30.3 Å². The molecule has 2 unspecified atom stereocenters. The summed E-state index contributed by atoms with van der Waals surface area (Å²) < 4.78 is 0. The Balaban J connectivity index is 1.71. The summed E-state index contributed by atoms with van der Waals surface area (Å²) >= 11 is 0. The van der Waals surface area contributed by atoms with E-state index in [0.717, 1.165) is 18.4 Å². The van der Waals surface area contributed by atoms with Crippen molar-refractivity contribution in [3.63, 3.8) is 0 Å². The Morgan fingerprint density at radius 1 is 1.14 bits per heavy atom. The van der Waals surface area contributed by atoms with Gasteiger partial charge in [-0.25, -0.2) is 0 Å². The van der Waals surface area contributed by atoms with E-state index in [9.17, 15) is 14.7 Å². The van der Waals surface area contributed by atoms with Crippen LogP contribution in [0.1, 0.15) is 37.2 Å². The van der Waals surface area contributed by atoms with Crippen molar-refractivity contribution in [2.45, 2.75) is 31.6 Å². The quantitative estimate of drug-likeness (QED) is 0.925. The highest BCUT2D eigenvalue weighted by Gasteiger charge is 2.40. The number of benzene rings is 1. The second kappa shape index (κ2) is 5.88. The minimum absolute atomic E-state index is 0.0889. The second-order valence-corrected chi connectivity index (χ2v) is 6.26. The molecule has 2 fully saturated rings. The molecule has 1 aromatic rings. The van der Waals surface area contributed by atoms with E-state index in [2.05, 4.69) is 0 Å². The molecule has 0 spiro atoms. The lowest BCUT2D eigenvalue weighted by Gasteiger charge is -2.27. The summed E-state index contributed by atoms with van der Waals surface area (Å²) in [6.07, 6.45) is 4.10. The van der Waals surface area contributed by atoms with Crippen molar-refractivity contribution in [2.75, 3.05) is 13.1 Å². The molecule has 1 heterocycles. The first-order valence-corrected chi connectivity index (χ1v) is 7.70. The number of hydrogen-bond acceptors (Lipinski definition) is 2. The first-order valence-electron chi connectivity index (χ1n) is 7.70. The molecule has 2 aliphatic rings. The predicted molar refractivity (Wildman–Crippen MR) is 78.8 cm³/mol. The molecule has 1 aliphatic carbocycles. The summed E-state index contributed by atoms with van der Waals surface area (Å²) in [6.45, 7) is 0.882. The molecular weight excluding hydrogens is 266 g/mol. The number of carbonyl (C=O) groups excluding carboxylic acids is 1. The van der Waals surface area contributed by atoms with Crippen LogP contribution in [0.25, 0.3) is 0 Å². The van der Waals surface area contributed by atoms with E-state index in [0.29, 0.717) is 25.4 Å². The van der Waals surface area contributed by atoms with Crippen molar-refractivity contribution in [2.24, 2.45) is 11.8 Å². The number of nitrogens with zero attached hydrogens (tertiary/aromatic N) is 1. The topological polar surface area (TPSA) is 57.6 Å². The van der Waals surface area contributed by atoms with Crippen LogP contribution in [-0.2, 0) is 9.59 Å². The van der Waals surface area contributed by atoms with Crippen LogP contribution in [0.15, 0.2) is 30.3 Å². The molecule has 3 rings (SSSR count). The van der Waals surface area contributed by atoms with E-state index in [1.165, 1.54) is 6.42 Å². The van der Waals surface area contributed by atoms with Gasteiger partial charge in [0, 0.05) is 25.4 Å². The van der Waals surface area contributed by atoms with Gasteiger partial charge in [0.25, 0.3) is 0 Å². The molecule has 1 saturated heterocycles. The summed E-state index contributed by atoms with van der Waals surface area (Å²) in [7, 11) is 0. The molecule has 1 saturated carbocycles. The van der Waals surface area contributed by atoms with Crippen molar-refractivity contribution in [3.05, 3.63) is 35.9 Å². The molecule has 0 aromatic heterocycles. The van der Waals surface area contributed by atoms with Crippen LogP contribution in [0, 0.1) is 11.8 Å². The van der Waals surface area contributed by atoms with Crippen molar-refractivity contribution in [3.8, 4) is 0 Å². The van der Waals surface area contributed by atoms with E-state index < -0.39 is 11.9 Å². The lowest BCUT2D eigenvalue weighted by Crippen LogP contribution is -2.32. The zero-order chi connectivity index (χ0) is 14.8. The van der Waals surface area contributed by atoms with Gasteiger partial charge < -0.3 is 10.0 Å². The van der Waals surface area contributed by atoms with Crippen LogP contribution in [0.3, 0.4) is 0 Å². The zero-order valence-electron chi connectivity index (χ0n) is 12.1. The third kappa shape index (κ3) is 2.94. The number of carboxylic acid groups (broad SMARTS) is 1. The molecule has 1 amide bonds. The number of rotatable bonds is 4. The number of carboxylic acids is 1. The summed E-state index contributed by atoms with van der Waals surface area (Å²) in [4.78, 5) is 25.6. The van der Waals surface area contributed by atoms with E-state index in [1.54, 1.807) is 4.90 Å². The Morgan fingerprint density at radius 3 is 2.43 bits per heavy atom. The van der Waals surface area contributed by atoms with Crippen LogP contribution < -0.4 is 0 Å². The first-order chi connectivity index (χ1) is 10.1. The van der Waals surface area contributed by atoms with Gasteiger partial charge in [0.1, 0.15) is 0 Å². The molecule has 4 heteroatoms. The molecule has 112 valence electrons. The Labute approximate surface area is 124 Å². The Kier molecular flexibility index (Phi) is 3.95. The van der Waals surface area contributed by atoms with Crippen LogP contribution in [-0.4, -0.2) is 35.0 Å². The molecule has 0 bridgehead atoms. The first kappa shape index (κ1) is 14.1. The van der Waals surface area contributed by atoms with E-state index >= 15 is 0 Å². The molecule has 1 aromatic carbocycles. The van der Waals surface area contributed by atoms with Crippen LogP contribution in [0.5, 0.6) is 0 Å². The van der Waals surface area contributed by atoms with Crippen molar-refractivity contribution in [1.82, 2.24) is 4.90 Å². The summed E-state index contributed by atoms with van der Waals surface area (Å²) in [5.74, 6) is -0.726. The standard InChI is InChI=1S/C17H21NO3/c19-16(9-12-5-4-6-12)18-10-14(15(11-18)17(20)21)13-7-2-1-3-8-13/h1-3,7-8,12,14-15H,4-6,9-11H2,(H,20,21). The average molecular weight is 287 g/mol. The maximum absolute atomic E-state index is 12.3. The SMILES string of the molecule is O=C(O)C1CN(C(=O)CC2CCC2)CC1c1ccccc1. The molecule has 1 N–H and O–H groups in total. The van der Waals surface area contributed by atoms with Crippen LogP contribution >= 0.6 is 0 Å². The number of amides is 1. The molecule has 4 nitrogen and oxygen atoms in total. The van der Waals surface area contributed by atoms with Gasteiger partial charge in [-0.05, 0) is 24.3 Å². The lowest BCUT2D eigenvalue weighted by atomic mass is 9.83. The monoisotopic (exact) mass is 287 g/mol. The molecule has 1 aliphatic heterocycles. The minimum atomic E-state index is -0.803. The molecule has 0 radical (unpaired) electrons. The van der Waals surface area contributed by atoms with Gasteiger partial charge in [0.2, 0.25) is 5.91 Å². The highest BCUT2D eigenvalue weighted by Crippen LogP contribution is 2.35. The van der Waals surface area contributed by atoms with Crippen molar-refractivity contribution >= 4 is 11.9 Å². The molecule has 21 heavy (non-hydrogen) atoms. The van der Waals surface area contributed by atoms with E-state index in [4.69, 9.17) is 0 Å². The maximum atomic E-state index is 12.3. The van der Waals surface area contributed by atoms with Gasteiger partial charge in [-0.1, -0.05) is 36.8 Å². The van der Waals surface area contributed by atoms with E-state index in [-0.39, 0.29) is 11.8 Å². The summed E-state index contributed by atoms with van der Waals surface area (Å²) in [5, 5.41) is 9.45. The van der Waals surface area contributed by atoms with Crippen molar-refractivity contribution < 1.29 is 14.7 Å². The predicted octanol–water partition coefficient (Wildman–Crippen LogP) is 2.50. The third-order valence-electron chi connectivity index (χ3n) is 4.91. The van der Waals surface area contributed by atoms with Gasteiger partial charge in [-0.15, -0.1) is 0 Å². The largest absolute Gasteiger partial charge is 0.481 e. The van der Waals surface area contributed by atoms with Gasteiger partial charge in [0.15, 0.2) is 0 Å². The number of aliphatic carboxylic acids is 1. The fraction of sp³-hybridized carbons (Fsp3) is 0.529. The third-order valence-corrected chi connectivity index (χ3v) is 4.91. The number of carbonyl (C=O) groups is 2. The second-order valence-electron chi connectivity index (χ2n) is 6.26. The lowest BCUT2D eigenvalue weighted by molar-refractivity contribution is -0.141. The average Bonchev–Trinajstić information content (AvgIpc) is 2.89.